The molecule has 0 spiro atoms. The highest BCUT2D eigenvalue weighted by Crippen LogP contribution is 2.21. The number of likely N-dealkylation sites (tertiary alicyclic amines) is 1. The van der Waals surface area contributed by atoms with Crippen molar-refractivity contribution >= 4 is 23.6 Å². The molecule has 0 radical (unpaired) electrons. The number of benzene rings is 1. The number of carbonyl (C=O) groups is 2. The highest BCUT2D eigenvalue weighted by atomic mass is 35.5. The highest BCUT2D eigenvalue weighted by Gasteiger charge is 2.28. The van der Waals surface area contributed by atoms with Crippen LogP contribution in [-0.2, 0) is 11.2 Å². The molecule has 2 N–H and O–H groups in total. The third kappa shape index (κ3) is 5.20. The number of hydrogen-bond acceptors (Lipinski definition) is 3. The molecule has 0 bridgehead atoms. The Balaban J connectivity index is 1.69. The molecule has 1 saturated heterocycles. The summed E-state index contributed by atoms with van der Waals surface area (Å²) in [7, 11) is 0. The Kier molecular flexibility index (Phi) is 6.29. The lowest BCUT2D eigenvalue weighted by atomic mass is 9.97. The number of carboxylic acids is 1. The number of nitrogens with one attached hydrogen (secondary N) is 1. The second-order valence-corrected chi connectivity index (χ2v) is 7.12. The molecule has 1 unspecified atom stereocenters. The van der Waals surface area contributed by atoms with Crippen LogP contribution in [0.4, 0.5) is 4.79 Å². The summed E-state index contributed by atoms with van der Waals surface area (Å²) >= 11 is 5.95. The minimum Gasteiger partial charge on any atom is -0.481 e. The van der Waals surface area contributed by atoms with Crippen LogP contribution < -0.4 is 5.32 Å². The Morgan fingerprint density at radius 1 is 1.19 bits per heavy atom. The first kappa shape index (κ1) is 19.2. The molecule has 6 nitrogen and oxygen atoms in total. The quantitative estimate of drug-likeness (QED) is 0.822. The van der Waals surface area contributed by atoms with Crippen LogP contribution in [0.25, 0.3) is 0 Å². The standard InChI is InChI=1S/C20H22ClN3O3/c21-16-6-4-14(5-7-16)13-18(17-3-1-2-10-22-17)23-20(27)24-11-8-15(9-12-24)19(25)26/h1-7,10,15,18H,8-9,11-13H2,(H,23,27)(H,25,26). The molecule has 2 aromatic rings. The van der Waals surface area contributed by atoms with Gasteiger partial charge in [0.2, 0.25) is 0 Å². The second-order valence-electron chi connectivity index (χ2n) is 6.69. The average Bonchev–Trinajstić information content (AvgIpc) is 2.70. The number of nitrogens with zero attached hydrogens (tertiary/aromatic N) is 2. The molecule has 27 heavy (non-hydrogen) atoms. The van der Waals surface area contributed by atoms with Gasteiger partial charge in [0, 0.05) is 24.3 Å². The summed E-state index contributed by atoms with van der Waals surface area (Å²) in [6.07, 6.45) is 3.25. The molecule has 1 aliphatic heterocycles. The van der Waals surface area contributed by atoms with E-state index in [1.165, 1.54) is 0 Å². The zero-order valence-corrected chi connectivity index (χ0v) is 15.6. The van der Waals surface area contributed by atoms with Crippen molar-refractivity contribution in [3.63, 3.8) is 0 Å². The van der Waals surface area contributed by atoms with Crippen LogP contribution in [0.3, 0.4) is 0 Å². The Morgan fingerprint density at radius 2 is 1.89 bits per heavy atom. The number of aromatic nitrogens is 1. The van der Waals surface area contributed by atoms with E-state index in [1.54, 1.807) is 11.1 Å². The van der Waals surface area contributed by atoms with Gasteiger partial charge in [-0.3, -0.25) is 9.78 Å². The molecule has 1 fully saturated rings. The molecule has 1 aromatic heterocycles. The monoisotopic (exact) mass is 387 g/mol. The zero-order chi connectivity index (χ0) is 19.2. The van der Waals surface area contributed by atoms with Gasteiger partial charge in [-0.15, -0.1) is 0 Å². The van der Waals surface area contributed by atoms with Crippen LogP contribution in [0.1, 0.15) is 30.1 Å². The summed E-state index contributed by atoms with van der Waals surface area (Å²) in [6, 6.07) is 12.7. The Morgan fingerprint density at radius 3 is 2.48 bits per heavy atom. The first-order valence-corrected chi connectivity index (χ1v) is 9.34. The molecule has 142 valence electrons. The molecule has 1 atom stereocenters. The van der Waals surface area contributed by atoms with Crippen molar-refractivity contribution in [3.05, 3.63) is 64.9 Å². The number of carboxylic acid groups (broad SMARTS) is 1. The summed E-state index contributed by atoms with van der Waals surface area (Å²) in [4.78, 5) is 29.9. The van der Waals surface area contributed by atoms with E-state index >= 15 is 0 Å². The van der Waals surface area contributed by atoms with E-state index in [2.05, 4.69) is 10.3 Å². The fourth-order valence-corrected chi connectivity index (χ4v) is 3.36. The molecule has 1 aromatic carbocycles. The molecule has 7 heteroatoms. The van der Waals surface area contributed by atoms with E-state index in [4.69, 9.17) is 16.7 Å². The number of pyridine rings is 1. The van der Waals surface area contributed by atoms with Crippen LogP contribution in [0.2, 0.25) is 5.02 Å². The molecular formula is C20H22ClN3O3. The molecule has 3 rings (SSSR count). The fraction of sp³-hybridized carbons (Fsp3) is 0.350. The van der Waals surface area contributed by atoms with Crippen molar-refractivity contribution in [2.45, 2.75) is 25.3 Å². The Labute approximate surface area is 163 Å². The Hall–Kier alpha value is -2.60. The SMILES string of the molecule is O=C(O)C1CCN(C(=O)NC(Cc2ccc(Cl)cc2)c2ccccn2)CC1. The number of halogens is 1. The molecular weight excluding hydrogens is 366 g/mol. The maximum atomic E-state index is 12.7. The molecule has 2 amide bonds. The lowest BCUT2D eigenvalue weighted by molar-refractivity contribution is -0.143. The second kappa shape index (κ2) is 8.86. The van der Waals surface area contributed by atoms with Gasteiger partial charge in [0.25, 0.3) is 0 Å². The smallest absolute Gasteiger partial charge is 0.317 e. The normalized spacial score (nSPS) is 16.0. The van der Waals surface area contributed by atoms with Gasteiger partial charge < -0.3 is 15.3 Å². The van der Waals surface area contributed by atoms with Gasteiger partial charge in [0.1, 0.15) is 0 Å². The largest absolute Gasteiger partial charge is 0.481 e. The zero-order valence-electron chi connectivity index (χ0n) is 14.8. The third-order valence-corrected chi connectivity index (χ3v) is 5.08. The van der Waals surface area contributed by atoms with E-state index in [0.29, 0.717) is 37.4 Å². The maximum Gasteiger partial charge on any atom is 0.317 e. The van der Waals surface area contributed by atoms with Crippen LogP contribution in [-0.4, -0.2) is 40.1 Å². The molecule has 2 heterocycles. The van der Waals surface area contributed by atoms with Gasteiger partial charge in [0.15, 0.2) is 0 Å². The molecule has 0 saturated carbocycles. The highest BCUT2D eigenvalue weighted by molar-refractivity contribution is 6.30. The van der Waals surface area contributed by atoms with Crippen LogP contribution in [0.5, 0.6) is 0 Å². The predicted octanol–water partition coefficient (Wildman–Crippen LogP) is 3.53. The summed E-state index contributed by atoms with van der Waals surface area (Å²) < 4.78 is 0. The number of aliphatic carboxylic acids is 1. The molecule has 1 aliphatic rings. The van der Waals surface area contributed by atoms with Crippen LogP contribution >= 0.6 is 11.6 Å². The lowest BCUT2D eigenvalue weighted by Crippen LogP contribution is -2.46. The Bertz CT molecular complexity index is 775. The van der Waals surface area contributed by atoms with Gasteiger partial charge in [-0.1, -0.05) is 29.8 Å². The minimum atomic E-state index is -0.788. The van der Waals surface area contributed by atoms with Gasteiger partial charge in [0.05, 0.1) is 17.7 Å². The van der Waals surface area contributed by atoms with Crippen molar-refractivity contribution in [2.24, 2.45) is 5.92 Å². The number of urea groups is 1. The van der Waals surface area contributed by atoms with Crippen molar-refractivity contribution in [1.29, 1.82) is 0 Å². The van der Waals surface area contributed by atoms with Crippen molar-refractivity contribution in [1.82, 2.24) is 15.2 Å². The van der Waals surface area contributed by atoms with Crippen LogP contribution in [0.15, 0.2) is 48.7 Å². The summed E-state index contributed by atoms with van der Waals surface area (Å²) in [6.45, 7) is 0.886. The minimum absolute atomic E-state index is 0.191. The fourth-order valence-electron chi connectivity index (χ4n) is 3.24. The lowest BCUT2D eigenvalue weighted by Gasteiger charge is -2.31. The van der Waals surface area contributed by atoms with E-state index < -0.39 is 5.97 Å². The van der Waals surface area contributed by atoms with Crippen molar-refractivity contribution in [2.75, 3.05) is 13.1 Å². The first-order valence-electron chi connectivity index (χ1n) is 8.96. The number of piperidine rings is 1. The molecule has 0 aliphatic carbocycles. The number of carbonyl (C=O) groups excluding carboxylic acids is 1. The van der Waals surface area contributed by atoms with Crippen molar-refractivity contribution in [3.8, 4) is 0 Å². The average molecular weight is 388 g/mol. The van der Waals surface area contributed by atoms with Gasteiger partial charge >= 0.3 is 12.0 Å². The van der Waals surface area contributed by atoms with E-state index in [1.807, 2.05) is 42.5 Å². The van der Waals surface area contributed by atoms with E-state index in [-0.39, 0.29) is 18.0 Å². The predicted molar refractivity (Wildman–Crippen MR) is 103 cm³/mol. The van der Waals surface area contributed by atoms with Gasteiger partial charge in [-0.2, -0.15) is 0 Å². The summed E-state index contributed by atoms with van der Waals surface area (Å²) in [5.41, 5.74) is 1.82. The third-order valence-electron chi connectivity index (χ3n) is 4.83. The number of amides is 2. The van der Waals surface area contributed by atoms with Gasteiger partial charge in [-0.05, 0) is 49.1 Å². The van der Waals surface area contributed by atoms with E-state index in [0.717, 1.165) is 11.3 Å². The van der Waals surface area contributed by atoms with E-state index in [9.17, 15) is 9.59 Å². The number of hydrogen-bond donors (Lipinski definition) is 2. The number of rotatable bonds is 5. The van der Waals surface area contributed by atoms with Crippen molar-refractivity contribution < 1.29 is 14.7 Å². The topological polar surface area (TPSA) is 82.5 Å². The van der Waals surface area contributed by atoms with Crippen LogP contribution in [0, 0.1) is 5.92 Å². The van der Waals surface area contributed by atoms with Gasteiger partial charge in [-0.25, -0.2) is 4.79 Å². The maximum absolute atomic E-state index is 12.7. The first-order chi connectivity index (χ1) is 13.0. The summed E-state index contributed by atoms with van der Waals surface area (Å²) in [5, 5.41) is 12.8. The summed E-state index contributed by atoms with van der Waals surface area (Å²) in [5.74, 6) is -1.15.